The average Bonchev–Trinajstić information content (AvgIpc) is 3.35. The minimum absolute atomic E-state index is 0.0523. The average molecular weight is 505 g/mol. The number of imide groups is 2. The van der Waals surface area contributed by atoms with E-state index < -0.39 is 42.7 Å². The standard InChI is InChI=1S/C22H27N5O9/c28-15(24-11-21(34)36-27-19(32)7-8-20(27)33)9-23-16(29)10-25-22(35)14-3-1-13(2-4-14)12-26-17(30)5-6-18(26)31/h5-6,13-14H,1-4,7-12H2,(H,23,29)(H,24,28)(H,25,35). The van der Waals surface area contributed by atoms with Crippen LogP contribution in [0.25, 0.3) is 0 Å². The van der Waals surface area contributed by atoms with Crippen molar-refractivity contribution in [2.45, 2.75) is 38.5 Å². The Morgan fingerprint density at radius 3 is 1.89 bits per heavy atom. The summed E-state index contributed by atoms with van der Waals surface area (Å²) in [6.07, 6.45) is 4.85. The lowest BCUT2D eigenvalue weighted by Gasteiger charge is -2.29. The minimum atomic E-state index is -1.02. The largest absolute Gasteiger partial charge is 0.352 e. The third-order valence-electron chi connectivity index (χ3n) is 6.06. The van der Waals surface area contributed by atoms with Gasteiger partial charge < -0.3 is 20.8 Å². The van der Waals surface area contributed by atoms with Gasteiger partial charge in [-0.1, -0.05) is 0 Å². The minimum Gasteiger partial charge on any atom is -0.347 e. The van der Waals surface area contributed by atoms with Gasteiger partial charge in [0.1, 0.15) is 6.54 Å². The van der Waals surface area contributed by atoms with Crippen molar-refractivity contribution in [3.05, 3.63) is 12.2 Å². The molecule has 1 aliphatic carbocycles. The molecule has 0 radical (unpaired) electrons. The van der Waals surface area contributed by atoms with Gasteiger partial charge in [-0.25, -0.2) is 4.79 Å². The molecule has 1 saturated heterocycles. The van der Waals surface area contributed by atoms with E-state index in [2.05, 4.69) is 20.8 Å². The van der Waals surface area contributed by atoms with Crippen molar-refractivity contribution in [2.24, 2.45) is 11.8 Å². The summed E-state index contributed by atoms with van der Waals surface area (Å²) in [5.41, 5.74) is 0. The molecule has 3 rings (SSSR count). The summed E-state index contributed by atoms with van der Waals surface area (Å²) >= 11 is 0. The van der Waals surface area contributed by atoms with Crippen molar-refractivity contribution < 1.29 is 43.2 Å². The predicted molar refractivity (Wildman–Crippen MR) is 118 cm³/mol. The van der Waals surface area contributed by atoms with Gasteiger partial charge in [-0.15, -0.1) is 5.06 Å². The molecule has 0 aromatic heterocycles. The highest BCUT2D eigenvalue weighted by Crippen LogP contribution is 2.30. The third kappa shape index (κ3) is 7.20. The number of hydrogen-bond acceptors (Lipinski definition) is 9. The van der Waals surface area contributed by atoms with Gasteiger partial charge in [0.2, 0.25) is 17.7 Å². The molecule has 194 valence electrons. The molecule has 14 nitrogen and oxygen atoms in total. The molecule has 2 aliphatic heterocycles. The van der Waals surface area contributed by atoms with Crippen LogP contribution >= 0.6 is 0 Å². The Kier molecular flexibility index (Phi) is 8.86. The summed E-state index contributed by atoms with van der Waals surface area (Å²) in [6, 6.07) is 0. The van der Waals surface area contributed by atoms with Crippen LogP contribution in [0.2, 0.25) is 0 Å². The SMILES string of the molecule is O=C(CNC(=O)CNC(=O)C1CCC(CN2C(=O)C=CC2=O)CC1)NCC(=O)ON1C(=O)CCC1=O. The van der Waals surface area contributed by atoms with E-state index in [1.165, 1.54) is 17.1 Å². The van der Waals surface area contributed by atoms with Crippen LogP contribution in [0.4, 0.5) is 0 Å². The molecule has 36 heavy (non-hydrogen) atoms. The highest BCUT2D eigenvalue weighted by Gasteiger charge is 2.33. The van der Waals surface area contributed by atoms with E-state index in [-0.39, 0.29) is 48.9 Å². The lowest BCUT2D eigenvalue weighted by Crippen LogP contribution is -2.45. The van der Waals surface area contributed by atoms with Crippen LogP contribution in [0.15, 0.2) is 12.2 Å². The van der Waals surface area contributed by atoms with Crippen molar-refractivity contribution in [3.63, 3.8) is 0 Å². The van der Waals surface area contributed by atoms with E-state index in [1.54, 1.807) is 0 Å². The van der Waals surface area contributed by atoms with Gasteiger partial charge in [0.25, 0.3) is 23.6 Å². The Morgan fingerprint density at radius 2 is 1.31 bits per heavy atom. The molecule has 1 saturated carbocycles. The first kappa shape index (κ1) is 26.5. The summed E-state index contributed by atoms with van der Waals surface area (Å²) in [7, 11) is 0. The number of carbonyl (C=O) groups is 8. The zero-order chi connectivity index (χ0) is 26.2. The van der Waals surface area contributed by atoms with Crippen molar-refractivity contribution in [1.82, 2.24) is 25.9 Å². The second-order valence-corrected chi connectivity index (χ2v) is 8.65. The number of hydroxylamine groups is 2. The first-order valence-electron chi connectivity index (χ1n) is 11.5. The van der Waals surface area contributed by atoms with E-state index in [1.807, 2.05) is 0 Å². The quantitative estimate of drug-likeness (QED) is 0.274. The number of nitrogens with zero attached hydrogens (tertiary/aromatic N) is 2. The Bertz CT molecular complexity index is 966. The van der Waals surface area contributed by atoms with Gasteiger partial charge in [0.15, 0.2) is 0 Å². The van der Waals surface area contributed by atoms with Crippen LogP contribution in [0, 0.1) is 11.8 Å². The maximum atomic E-state index is 12.4. The molecule has 7 amide bonds. The topological polar surface area (TPSA) is 188 Å². The van der Waals surface area contributed by atoms with E-state index in [9.17, 15) is 38.4 Å². The van der Waals surface area contributed by atoms with Crippen LogP contribution < -0.4 is 16.0 Å². The highest BCUT2D eigenvalue weighted by atomic mass is 16.7. The number of nitrogens with one attached hydrogen (secondary N) is 3. The molecular formula is C22H27N5O9. The zero-order valence-corrected chi connectivity index (χ0v) is 19.4. The van der Waals surface area contributed by atoms with Crippen molar-refractivity contribution in [1.29, 1.82) is 0 Å². The van der Waals surface area contributed by atoms with E-state index in [4.69, 9.17) is 0 Å². The molecular weight excluding hydrogens is 478 g/mol. The number of amides is 7. The molecule has 0 spiro atoms. The van der Waals surface area contributed by atoms with Crippen molar-refractivity contribution in [2.75, 3.05) is 26.2 Å². The predicted octanol–water partition coefficient (Wildman–Crippen LogP) is -2.33. The number of hydrogen-bond donors (Lipinski definition) is 3. The van der Waals surface area contributed by atoms with Gasteiger partial charge in [0.05, 0.1) is 13.1 Å². The van der Waals surface area contributed by atoms with Crippen molar-refractivity contribution in [3.8, 4) is 0 Å². The number of rotatable bonds is 10. The maximum absolute atomic E-state index is 12.4. The first-order valence-corrected chi connectivity index (χ1v) is 11.5. The van der Waals surface area contributed by atoms with Crippen LogP contribution in [0.5, 0.6) is 0 Å². The molecule has 2 fully saturated rings. The fourth-order valence-corrected chi connectivity index (χ4v) is 4.05. The summed E-state index contributed by atoms with van der Waals surface area (Å²) in [4.78, 5) is 99.6. The summed E-state index contributed by atoms with van der Waals surface area (Å²) in [6.45, 7) is -1.08. The van der Waals surface area contributed by atoms with E-state index in [0.717, 1.165) is 0 Å². The Morgan fingerprint density at radius 1 is 0.778 bits per heavy atom. The second-order valence-electron chi connectivity index (χ2n) is 8.65. The molecule has 14 heteroatoms. The molecule has 2 heterocycles. The normalized spacial score (nSPS) is 21.6. The van der Waals surface area contributed by atoms with Crippen LogP contribution in [0.3, 0.4) is 0 Å². The van der Waals surface area contributed by atoms with Gasteiger partial charge >= 0.3 is 5.97 Å². The molecule has 0 aromatic carbocycles. The second kappa shape index (κ2) is 12.0. The van der Waals surface area contributed by atoms with Crippen LogP contribution in [0.1, 0.15) is 38.5 Å². The monoisotopic (exact) mass is 505 g/mol. The fraction of sp³-hybridized carbons (Fsp3) is 0.545. The molecule has 0 unspecified atom stereocenters. The Hall–Kier alpha value is -4.10. The summed E-state index contributed by atoms with van der Waals surface area (Å²) < 4.78 is 0. The van der Waals surface area contributed by atoms with Gasteiger partial charge in [-0.2, -0.15) is 0 Å². The number of carbonyl (C=O) groups excluding carboxylic acids is 8. The zero-order valence-electron chi connectivity index (χ0n) is 19.4. The fourth-order valence-electron chi connectivity index (χ4n) is 4.05. The first-order chi connectivity index (χ1) is 17.1. The van der Waals surface area contributed by atoms with E-state index >= 15 is 0 Å². The molecule has 0 aromatic rings. The smallest absolute Gasteiger partial charge is 0.347 e. The van der Waals surface area contributed by atoms with Gasteiger partial charge in [-0.05, 0) is 31.6 Å². The van der Waals surface area contributed by atoms with Crippen LogP contribution in [-0.2, 0) is 43.2 Å². The Balaban J connectivity index is 1.26. The third-order valence-corrected chi connectivity index (χ3v) is 6.06. The summed E-state index contributed by atoms with van der Waals surface area (Å²) in [5, 5.41) is 7.36. The molecule has 3 N–H and O–H groups in total. The van der Waals surface area contributed by atoms with Crippen LogP contribution in [-0.4, -0.2) is 83.5 Å². The molecule has 0 atom stereocenters. The Labute approximate surface area is 205 Å². The highest BCUT2D eigenvalue weighted by molar-refractivity contribution is 6.12. The van der Waals surface area contributed by atoms with Gasteiger partial charge in [0, 0.05) is 37.5 Å². The maximum Gasteiger partial charge on any atom is 0.352 e. The van der Waals surface area contributed by atoms with Gasteiger partial charge in [-0.3, -0.25) is 38.5 Å². The van der Waals surface area contributed by atoms with E-state index in [0.29, 0.717) is 37.3 Å². The lowest BCUT2D eigenvalue weighted by molar-refractivity contribution is -0.196. The lowest BCUT2D eigenvalue weighted by atomic mass is 9.81. The summed E-state index contributed by atoms with van der Waals surface area (Å²) in [5.74, 6) is -4.74. The van der Waals surface area contributed by atoms with Crippen molar-refractivity contribution >= 4 is 47.3 Å². The molecule has 0 bridgehead atoms. The molecule has 3 aliphatic rings.